The fourth-order valence-corrected chi connectivity index (χ4v) is 3.57. The van der Waals surface area contributed by atoms with Gasteiger partial charge < -0.3 is 20.3 Å². The molecule has 0 aliphatic carbocycles. The van der Waals surface area contributed by atoms with Crippen molar-refractivity contribution in [3.05, 3.63) is 77.4 Å². The summed E-state index contributed by atoms with van der Waals surface area (Å²) in [7, 11) is 0. The molecule has 2 aromatic rings. The van der Waals surface area contributed by atoms with Crippen LogP contribution in [0.15, 0.2) is 55.1 Å². The fraction of sp³-hybridized carbons (Fsp3) is 0.370. The monoisotopic (exact) mass is 465 g/mol. The molecule has 34 heavy (non-hydrogen) atoms. The van der Waals surface area contributed by atoms with E-state index < -0.39 is 23.6 Å². The van der Waals surface area contributed by atoms with Crippen molar-refractivity contribution >= 4 is 23.6 Å². The van der Waals surface area contributed by atoms with E-state index in [-0.39, 0.29) is 19.0 Å². The Hall–Kier alpha value is -3.61. The summed E-state index contributed by atoms with van der Waals surface area (Å²) in [5.74, 6) is -0.788. The van der Waals surface area contributed by atoms with Crippen molar-refractivity contribution in [1.82, 2.24) is 10.2 Å². The van der Waals surface area contributed by atoms with Gasteiger partial charge in [-0.3, -0.25) is 9.59 Å². The van der Waals surface area contributed by atoms with Crippen molar-refractivity contribution < 1.29 is 19.1 Å². The van der Waals surface area contributed by atoms with Gasteiger partial charge in [-0.1, -0.05) is 54.1 Å². The average molecular weight is 466 g/mol. The maximum Gasteiger partial charge on any atom is 0.408 e. The number of nitrogens with zero attached hydrogens (tertiary/aromatic N) is 1. The molecule has 0 radical (unpaired) electrons. The molecule has 0 saturated heterocycles. The Morgan fingerprint density at radius 3 is 2.24 bits per heavy atom. The Labute approximate surface area is 202 Å². The molecule has 0 aliphatic heterocycles. The zero-order valence-electron chi connectivity index (χ0n) is 20.9. The molecule has 2 aromatic carbocycles. The number of benzene rings is 2. The molecule has 0 aromatic heterocycles. The van der Waals surface area contributed by atoms with Crippen LogP contribution in [0.5, 0.6) is 0 Å². The molecule has 0 saturated carbocycles. The molecule has 7 heteroatoms. The van der Waals surface area contributed by atoms with Gasteiger partial charge in [-0.2, -0.15) is 0 Å². The summed E-state index contributed by atoms with van der Waals surface area (Å²) in [4.78, 5) is 40.3. The van der Waals surface area contributed by atoms with Crippen LogP contribution in [0.25, 0.3) is 0 Å². The number of ether oxygens (including phenoxy) is 1. The minimum atomic E-state index is -0.926. The van der Waals surface area contributed by atoms with Crippen LogP contribution < -0.4 is 10.6 Å². The Morgan fingerprint density at radius 2 is 1.68 bits per heavy atom. The molecule has 2 N–H and O–H groups in total. The number of aryl methyl sites for hydroxylation is 3. The van der Waals surface area contributed by atoms with Gasteiger partial charge in [-0.15, -0.1) is 6.58 Å². The lowest BCUT2D eigenvalue weighted by Crippen LogP contribution is -2.46. The summed E-state index contributed by atoms with van der Waals surface area (Å²) in [6, 6.07) is 12.3. The average Bonchev–Trinajstić information content (AvgIpc) is 2.73. The third-order valence-electron chi connectivity index (χ3n) is 5.08. The minimum absolute atomic E-state index is 0.119. The summed E-state index contributed by atoms with van der Waals surface area (Å²) in [5.41, 5.74) is 3.48. The number of carbonyl (C=O) groups excluding carboxylic acids is 3. The van der Waals surface area contributed by atoms with Gasteiger partial charge in [0.15, 0.2) is 0 Å². The first-order valence-electron chi connectivity index (χ1n) is 11.2. The third kappa shape index (κ3) is 7.47. The van der Waals surface area contributed by atoms with Crippen molar-refractivity contribution in [3.8, 4) is 0 Å². The highest BCUT2D eigenvalue weighted by Crippen LogP contribution is 2.27. The highest BCUT2D eigenvalue weighted by molar-refractivity contribution is 5.99. The Balaban J connectivity index is 2.38. The largest absolute Gasteiger partial charge is 0.444 e. The van der Waals surface area contributed by atoms with Crippen LogP contribution in [0.3, 0.4) is 0 Å². The van der Waals surface area contributed by atoms with E-state index in [0.717, 1.165) is 16.7 Å². The first-order chi connectivity index (χ1) is 15.9. The van der Waals surface area contributed by atoms with E-state index in [2.05, 4.69) is 17.2 Å². The first kappa shape index (κ1) is 26.6. The number of carbonyl (C=O) groups is 3. The van der Waals surface area contributed by atoms with Gasteiger partial charge in [0.05, 0.1) is 0 Å². The smallest absolute Gasteiger partial charge is 0.408 e. The molecule has 182 valence electrons. The van der Waals surface area contributed by atoms with E-state index in [4.69, 9.17) is 4.74 Å². The molecule has 7 nitrogen and oxygen atoms in total. The molecular weight excluding hydrogens is 430 g/mol. The first-order valence-corrected chi connectivity index (χ1v) is 11.2. The minimum Gasteiger partial charge on any atom is -0.444 e. The topological polar surface area (TPSA) is 87.7 Å². The van der Waals surface area contributed by atoms with Gasteiger partial charge in [0, 0.05) is 12.2 Å². The van der Waals surface area contributed by atoms with Crippen LogP contribution in [0.2, 0.25) is 0 Å². The van der Waals surface area contributed by atoms with Crippen molar-refractivity contribution in [2.45, 2.75) is 53.2 Å². The fourth-order valence-electron chi connectivity index (χ4n) is 3.57. The van der Waals surface area contributed by atoms with Crippen LogP contribution in [-0.4, -0.2) is 41.5 Å². The maximum atomic E-state index is 13.6. The van der Waals surface area contributed by atoms with Crippen molar-refractivity contribution in [2.75, 3.05) is 18.4 Å². The van der Waals surface area contributed by atoms with E-state index >= 15 is 0 Å². The van der Waals surface area contributed by atoms with Gasteiger partial charge in [-0.25, -0.2) is 4.79 Å². The molecule has 2 rings (SSSR count). The summed E-state index contributed by atoms with van der Waals surface area (Å²) in [5, 5.41) is 5.49. The predicted octanol–water partition coefficient (Wildman–Crippen LogP) is 4.83. The number of hydrogen-bond donors (Lipinski definition) is 2. The van der Waals surface area contributed by atoms with Crippen molar-refractivity contribution in [2.24, 2.45) is 0 Å². The standard InChI is InChI=1S/C27H35N3O4/c1-8-15-30(22(31)17-28-26(33)34-27(5,6)7)24(21-14-9-11-18(2)16-21)25(32)29-23-19(3)12-10-13-20(23)4/h8-14,16,24H,1,15,17H2,2-7H3,(H,28,33)(H,29,32). The predicted molar refractivity (Wildman–Crippen MR) is 135 cm³/mol. The molecule has 0 heterocycles. The Kier molecular flexibility index (Phi) is 9.01. The molecule has 1 atom stereocenters. The maximum absolute atomic E-state index is 13.6. The van der Waals surface area contributed by atoms with Crippen molar-refractivity contribution in [3.63, 3.8) is 0 Å². The van der Waals surface area contributed by atoms with E-state index in [1.807, 2.05) is 63.2 Å². The number of nitrogens with one attached hydrogen (secondary N) is 2. The van der Waals surface area contributed by atoms with E-state index in [1.54, 1.807) is 26.8 Å². The van der Waals surface area contributed by atoms with Gasteiger partial charge in [0.1, 0.15) is 18.2 Å². The van der Waals surface area contributed by atoms with Crippen LogP contribution >= 0.6 is 0 Å². The number of alkyl carbamates (subject to hydrolysis) is 1. The number of amides is 3. The van der Waals surface area contributed by atoms with Gasteiger partial charge in [0.2, 0.25) is 5.91 Å². The quantitative estimate of drug-likeness (QED) is 0.547. The van der Waals surface area contributed by atoms with Gasteiger partial charge in [0.25, 0.3) is 5.91 Å². The highest BCUT2D eigenvalue weighted by Gasteiger charge is 2.31. The SMILES string of the molecule is C=CCN(C(=O)CNC(=O)OC(C)(C)C)C(C(=O)Nc1c(C)cccc1C)c1cccc(C)c1. The molecular formula is C27H35N3O4. The molecule has 0 spiro atoms. The molecule has 3 amide bonds. The summed E-state index contributed by atoms with van der Waals surface area (Å²) < 4.78 is 5.22. The van der Waals surface area contributed by atoms with Crippen LogP contribution in [-0.2, 0) is 14.3 Å². The molecule has 0 fully saturated rings. The lowest BCUT2D eigenvalue weighted by Gasteiger charge is -2.31. The lowest BCUT2D eigenvalue weighted by molar-refractivity contribution is -0.137. The second kappa shape index (κ2) is 11.5. The molecule has 0 aliphatic rings. The van der Waals surface area contributed by atoms with Crippen LogP contribution in [0.4, 0.5) is 10.5 Å². The zero-order valence-corrected chi connectivity index (χ0v) is 20.9. The zero-order chi connectivity index (χ0) is 25.5. The van der Waals surface area contributed by atoms with E-state index in [1.165, 1.54) is 4.90 Å². The number of hydrogen-bond acceptors (Lipinski definition) is 4. The summed E-state index contributed by atoms with van der Waals surface area (Å²) in [6.07, 6.45) is 0.854. The Morgan fingerprint density at radius 1 is 1.06 bits per heavy atom. The number of rotatable bonds is 8. The highest BCUT2D eigenvalue weighted by atomic mass is 16.6. The molecule has 0 bridgehead atoms. The van der Waals surface area contributed by atoms with E-state index in [9.17, 15) is 14.4 Å². The second-order valence-electron chi connectivity index (χ2n) is 9.26. The van der Waals surface area contributed by atoms with E-state index in [0.29, 0.717) is 11.3 Å². The van der Waals surface area contributed by atoms with Gasteiger partial charge >= 0.3 is 6.09 Å². The Bertz CT molecular complexity index is 1040. The lowest BCUT2D eigenvalue weighted by atomic mass is 10.0. The van der Waals surface area contributed by atoms with Crippen LogP contribution in [0, 0.1) is 20.8 Å². The second-order valence-corrected chi connectivity index (χ2v) is 9.26. The summed E-state index contributed by atoms with van der Waals surface area (Å²) in [6.45, 7) is 14.5. The summed E-state index contributed by atoms with van der Waals surface area (Å²) >= 11 is 0. The number of anilines is 1. The molecule has 1 unspecified atom stereocenters. The normalized spacial score (nSPS) is 11.8. The third-order valence-corrected chi connectivity index (χ3v) is 5.08. The number of para-hydroxylation sites is 1. The van der Waals surface area contributed by atoms with Gasteiger partial charge in [-0.05, 0) is 58.2 Å². The van der Waals surface area contributed by atoms with Crippen LogP contribution in [0.1, 0.15) is 49.1 Å². The van der Waals surface area contributed by atoms with Crippen molar-refractivity contribution in [1.29, 1.82) is 0 Å².